The lowest BCUT2D eigenvalue weighted by molar-refractivity contribution is 1.03. The summed E-state index contributed by atoms with van der Waals surface area (Å²) >= 11 is 5.44. The summed E-state index contributed by atoms with van der Waals surface area (Å²) in [7, 11) is 0. The number of hydrogen-bond acceptors (Lipinski definition) is 2. The van der Waals surface area contributed by atoms with Crippen LogP contribution in [0.4, 0.5) is 0 Å². The molecule has 0 saturated heterocycles. The summed E-state index contributed by atoms with van der Waals surface area (Å²) < 4.78 is 0. The van der Waals surface area contributed by atoms with Crippen LogP contribution in [0.5, 0.6) is 0 Å². The second-order valence-corrected chi connectivity index (χ2v) is 3.78. The fourth-order valence-electron chi connectivity index (χ4n) is 1.75. The molecule has 0 aliphatic carbocycles. The number of rotatable bonds is 1. The summed E-state index contributed by atoms with van der Waals surface area (Å²) in [6.45, 7) is 4.15. The summed E-state index contributed by atoms with van der Waals surface area (Å²) in [5.74, 6) is 0. The van der Waals surface area contributed by atoms with Crippen LogP contribution in [0.15, 0.2) is 29.2 Å². The Kier molecular flexibility index (Phi) is 2.38. The molecule has 0 spiro atoms. The molecule has 0 bridgehead atoms. The van der Waals surface area contributed by atoms with Gasteiger partial charge in [-0.15, -0.1) is 0 Å². The topological polar surface area (TPSA) is 12.9 Å². The molecule has 1 nitrogen and oxygen atoms in total. The standard InChI is InChI=1S/C12H13NS/c1-3-9-8(2)13-11-7-5-4-6-10(11)12(9)14/h4-7H,3H2,1-2H3,(H,13,14)/p-1. The van der Waals surface area contributed by atoms with Gasteiger partial charge in [-0.2, -0.15) is 4.90 Å². The average molecular weight is 202 g/mol. The van der Waals surface area contributed by atoms with E-state index in [0.717, 1.165) is 27.9 Å². The number of benzene rings is 1. The zero-order valence-electron chi connectivity index (χ0n) is 8.37. The van der Waals surface area contributed by atoms with Crippen molar-refractivity contribution in [1.29, 1.82) is 0 Å². The third-order valence-corrected chi connectivity index (χ3v) is 2.97. The molecule has 0 amide bonds. The Morgan fingerprint density at radius 2 is 2.00 bits per heavy atom. The highest BCUT2D eigenvalue weighted by Gasteiger charge is 2.01. The lowest BCUT2D eigenvalue weighted by Gasteiger charge is -2.18. The van der Waals surface area contributed by atoms with Crippen LogP contribution in [-0.2, 0) is 19.0 Å². The van der Waals surface area contributed by atoms with E-state index in [4.69, 9.17) is 12.6 Å². The predicted molar refractivity (Wildman–Crippen MR) is 61.5 cm³/mol. The number of para-hydroxylation sites is 1. The van der Waals surface area contributed by atoms with E-state index in [1.165, 1.54) is 5.56 Å². The van der Waals surface area contributed by atoms with Gasteiger partial charge in [0.25, 0.3) is 0 Å². The molecule has 1 aromatic heterocycles. The van der Waals surface area contributed by atoms with E-state index in [2.05, 4.69) is 11.9 Å². The summed E-state index contributed by atoms with van der Waals surface area (Å²) in [5.41, 5.74) is 3.28. The van der Waals surface area contributed by atoms with Crippen LogP contribution >= 0.6 is 0 Å². The monoisotopic (exact) mass is 202 g/mol. The summed E-state index contributed by atoms with van der Waals surface area (Å²) in [6, 6.07) is 8.06. The lowest BCUT2D eigenvalue weighted by Crippen LogP contribution is -1.96. The van der Waals surface area contributed by atoms with Gasteiger partial charge in [0.05, 0.1) is 5.52 Å². The smallest absolute Gasteiger partial charge is 0.0690 e. The van der Waals surface area contributed by atoms with Crippen molar-refractivity contribution in [2.45, 2.75) is 25.2 Å². The number of fused-ring (bicyclic) bond motifs is 1. The van der Waals surface area contributed by atoms with Crippen LogP contribution in [-0.4, -0.2) is 4.98 Å². The highest BCUT2D eigenvalue weighted by Crippen LogP contribution is 2.22. The highest BCUT2D eigenvalue weighted by molar-refractivity contribution is 7.59. The van der Waals surface area contributed by atoms with Crippen molar-refractivity contribution in [1.82, 2.24) is 4.98 Å². The van der Waals surface area contributed by atoms with Crippen molar-refractivity contribution in [3.63, 3.8) is 0 Å². The summed E-state index contributed by atoms with van der Waals surface area (Å²) in [4.78, 5) is 5.51. The average Bonchev–Trinajstić information content (AvgIpc) is 2.18. The van der Waals surface area contributed by atoms with E-state index in [-0.39, 0.29) is 0 Å². The lowest BCUT2D eigenvalue weighted by atomic mass is 10.1. The van der Waals surface area contributed by atoms with E-state index < -0.39 is 0 Å². The largest absolute Gasteiger partial charge is 0.779 e. The predicted octanol–water partition coefficient (Wildman–Crippen LogP) is 3.01. The zero-order valence-corrected chi connectivity index (χ0v) is 9.19. The molecule has 0 unspecified atom stereocenters. The maximum absolute atomic E-state index is 5.44. The van der Waals surface area contributed by atoms with E-state index in [1.807, 2.05) is 31.2 Å². The number of nitrogens with zero attached hydrogens (tertiary/aromatic N) is 1. The molecule has 0 saturated carbocycles. The van der Waals surface area contributed by atoms with Gasteiger partial charge in [0.2, 0.25) is 0 Å². The fraction of sp³-hybridized carbons (Fsp3) is 0.250. The molecule has 14 heavy (non-hydrogen) atoms. The molecule has 0 aliphatic rings. The van der Waals surface area contributed by atoms with Crippen molar-refractivity contribution in [2.75, 3.05) is 0 Å². The minimum Gasteiger partial charge on any atom is -0.779 e. The molecule has 0 atom stereocenters. The van der Waals surface area contributed by atoms with Crippen LogP contribution in [0, 0.1) is 6.92 Å². The maximum atomic E-state index is 5.44. The molecule has 2 rings (SSSR count). The third kappa shape index (κ3) is 1.36. The first-order valence-electron chi connectivity index (χ1n) is 4.79. The number of aromatic nitrogens is 1. The van der Waals surface area contributed by atoms with Gasteiger partial charge in [-0.1, -0.05) is 25.1 Å². The fourth-order valence-corrected chi connectivity index (χ4v) is 2.22. The first kappa shape index (κ1) is 9.41. The molecule has 1 aromatic carbocycles. The van der Waals surface area contributed by atoms with Gasteiger partial charge in [0.15, 0.2) is 0 Å². The van der Waals surface area contributed by atoms with E-state index >= 15 is 0 Å². The van der Waals surface area contributed by atoms with E-state index in [1.54, 1.807) is 0 Å². The molecule has 0 radical (unpaired) electrons. The van der Waals surface area contributed by atoms with Crippen molar-refractivity contribution < 1.29 is 0 Å². The molecule has 0 N–H and O–H groups in total. The Labute approximate surface area is 89.6 Å². The number of aryl methyl sites for hydroxylation is 1. The van der Waals surface area contributed by atoms with Crippen molar-refractivity contribution in [3.8, 4) is 0 Å². The molecular formula is C12H12NS-. The number of hydrogen-bond donors (Lipinski definition) is 0. The molecule has 72 valence electrons. The van der Waals surface area contributed by atoms with Crippen LogP contribution in [0.25, 0.3) is 10.9 Å². The van der Waals surface area contributed by atoms with Gasteiger partial charge < -0.3 is 12.6 Å². The Bertz CT molecular complexity index is 477. The highest BCUT2D eigenvalue weighted by atomic mass is 32.1. The minimum absolute atomic E-state index is 0.961. The molecule has 0 fully saturated rings. The molecular weight excluding hydrogens is 190 g/mol. The number of pyridine rings is 1. The van der Waals surface area contributed by atoms with Gasteiger partial charge in [0, 0.05) is 5.69 Å². The first-order chi connectivity index (χ1) is 6.74. The van der Waals surface area contributed by atoms with Gasteiger partial charge in [-0.05, 0) is 30.4 Å². The van der Waals surface area contributed by atoms with Gasteiger partial charge in [-0.25, -0.2) is 0 Å². The van der Waals surface area contributed by atoms with Crippen molar-refractivity contribution in [2.24, 2.45) is 0 Å². The molecule has 1 heterocycles. The van der Waals surface area contributed by atoms with Crippen LogP contribution in [0.2, 0.25) is 0 Å². The summed E-state index contributed by atoms with van der Waals surface area (Å²) in [5, 5.41) is 1.10. The van der Waals surface area contributed by atoms with Gasteiger partial charge in [-0.3, -0.25) is 4.98 Å². The first-order valence-corrected chi connectivity index (χ1v) is 5.20. The third-order valence-electron chi connectivity index (χ3n) is 2.50. The quantitative estimate of drug-likeness (QED) is 0.659. The molecule has 0 aliphatic heterocycles. The van der Waals surface area contributed by atoms with Crippen molar-refractivity contribution in [3.05, 3.63) is 35.5 Å². The summed E-state index contributed by atoms with van der Waals surface area (Å²) in [6.07, 6.45) is 0.961. The molecule has 2 aromatic rings. The van der Waals surface area contributed by atoms with Crippen LogP contribution in [0.1, 0.15) is 18.2 Å². The Morgan fingerprint density at radius 1 is 1.29 bits per heavy atom. The Hall–Kier alpha value is -1.15. The van der Waals surface area contributed by atoms with Crippen LogP contribution in [0.3, 0.4) is 0 Å². The Morgan fingerprint density at radius 3 is 2.71 bits per heavy atom. The van der Waals surface area contributed by atoms with Gasteiger partial charge >= 0.3 is 0 Å². The second kappa shape index (κ2) is 3.54. The van der Waals surface area contributed by atoms with Crippen molar-refractivity contribution >= 4 is 23.5 Å². The molecule has 2 heteroatoms. The van der Waals surface area contributed by atoms with E-state index in [9.17, 15) is 0 Å². The van der Waals surface area contributed by atoms with E-state index in [0.29, 0.717) is 0 Å². The second-order valence-electron chi connectivity index (χ2n) is 3.38. The minimum atomic E-state index is 0.961. The SMILES string of the molecule is CCc1c(C)nc2ccccc2c1[S-]. The Balaban J connectivity index is 2.86. The van der Waals surface area contributed by atoms with Gasteiger partial charge in [0.1, 0.15) is 0 Å². The zero-order chi connectivity index (χ0) is 10.1. The van der Waals surface area contributed by atoms with Crippen LogP contribution < -0.4 is 0 Å². The maximum Gasteiger partial charge on any atom is 0.0690 e. The normalized spacial score (nSPS) is 10.7.